The zero-order valence-corrected chi connectivity index (χ0v) is 17.8. The molecule has 0 saturated carbocycles. The van der Waals surface area contributed by atoms with Gasteiger partial charge in [0, 0.05) is 18.2 Å². The molecule has 3 N–H and O–H groups in total. The van der Waals surface area contributed by atoms with Gasteiger partial charge in [-0.25, -0.2) is 9.69 Å². The quantitative estimate of drug-likeness (QED) is 0.540. The third-order valence-corrected chi connectivity index (χ3v) is 6.83. The van der Waals surface area contributed by atoms with Gasteiger partial charge < -0.3 is 10.6 Å². The van der Waals surface area contributed by atoms with Crippen molar-refractivity contribution >= 4 is 29.1 Å². The first kappa shape index (κ1) is 19.1. The molecule has 2 aromatic carbocycles. The van der Waals surface area contributed by atoms with Crippen LogP contribution < -0.4 is 15.5 Å². The van der Waals surface area contributed by atoms with Gasteiger partial charge >= 0.3 is 6.03 Å². The predicted molar refractivity (Wildman–Crippen MR) is 122 cm³/mol. The van der Waals surface area contributed by atoms with E-state index in [9.17, 15) is 9.59 Å². The average Bonchev–Trinajstić information content (AvgIpc) is 3.57. The van der Waals surface area contributed by atoms with E-state index < -0.39 is 6.04 Å². The van der Waals surface area contributed by atoms with E-state index in [-0.39, 0.29) is 11.9 Å². The van der Waals surface area contributed by atoms with Crippen LogP contribution in [-0.4, -0.2) is 28.2 Å². The fourth-order valence-electron chi connectivity index (χ4n) is 5.43. The van der Waals surface area contributed by atoms with Crippen molar-refractivity contribution in [2.75, 3.05) is 10.2 Å². The van der Waals surface area contributed by atoms with Crippen LogP contribution in [0.2, 0.25) is 0 Å². The van der Waals surface area contributed by atoms with Crippen molar-refractivity contribution in [1.82, 2.24) is 15.5 Å². The number of hydrogen-bond donors (Lipinski definition) is 3. The molecule has 1 aliphatic heterocycles. The molecule has 3 amide bonds. The largest absolute Gasteiger partial charge is 0.341 e. The zero-order valence-electron chi connectivity index (χ0n) is 17.8. The van der Waals surface area contributed by atoms with Gasteiger partial charge in [0.2, 0.25) is 0 Å². The van der Waals surface area contributed by atoms with E-state index in [0.717, 1.165) is 61.3 Å². The lowest BCUT2D eigenvalue weighted by atomic mass is 9.97. The molecule has 7 nitrogen and oxygen atoms in total. The van der Waals surface area contributed by atoms with E-state index in [2.05, 4.69) is 26.9 Å². The van der Waals surface area contributed by atoms with Crippen LogP contribution in [0.4, 0.5) is 22.0 Å². The van der Waals surface area contributed by atoms with Crippen molar-refractivity contribution in [2.24, 2.45) is 0 Å². The monoisotopic (exact) mass is 427 g/mol. The second-order valence-electron chi connectivity index (χ2n) is 8.88. The number of rotatable bonds is 5. The molecule has 32 heavy (non-hydrogen) atoms. The molecule has 1 saturated heterocycles. The van der Waals surface area contributed by atoms with Crippen LogP contribution >= 0.6 is 0 Å². The van der Waals surface area contributed by atoms with Crippen molar-refractivity contribution in [3.8, 4) is 0 Å². The summed E-state index contributed by atoms with van der Waals surface area (Å²) < 4.78 is 0. The number of carbonyl (C=O) groups excluding carboxylic acids is 2. The van der Waals surface area contributed by atoms with E-state index >= 15 is 0 Å². The zero-order chi connectivity index (χ0) is 21.7. The van der Waals surface area contributed by atoms with Crippen LogP contribution in [0, 0.1) is 0 Å². The Bertz CT molecular complexity index is 1190. The fourth-order valence-corrected chi connectivity index (χ4v) is 5.43. The molecule has 0 radical (unpaired) electrons. The minimum atomic E-state index is -0.556. The molecule has 6 rings (SSSR count). The summed E-state index contributed by atoms with van der Waals surface area (Å²) >= 11 is 0. The Hall–Kier alpha value is -3.61. The number of nitrogens with zero attached hydrogens (tertiary/aromatic N) is 2. The molecule has 2 aliphatic carbocycles. The number of benzene rings is 2. The Kier molecular flexibility index (Phi) is 4.48. The maximum atomic E-state index is 13.5. The molecular formula is C25H25N5O2. The summed E-state index contributed by atoms with van der Waals surface area (Å²) in [6.07, 6.45) is 8.30. The Labute approximate surface area is 186 Å². The number of anilines is 3. The van der Waals surface area contributed by atoms with Gasteiger partial charge in [0.25, 0.3) is 5.91 Å². The van der Waals surface area contributed by atoms with E-state index in [4.69, 9.17) is 0 Å². The molecule has 2 heterocycles. The Balaban J connectivity index is 1.27. The summed E-state index contributed by atoms with van der Waals surface area (Å²) in [7, 11) is 0. The first-order valence-corrected chi connectivity index (χ1v) is 11.3. The summed E-state index contributed by atoms with van der Waals surface area (Å²) in [5.41, 5.74) is 7.84. The van der Waals surface area contributed by atoms with Crippen molar-refractivity contribution in [2.45, 2.75) is 51.0 Å². The molecule has 1 aromatic heterocycles. The van der Waals surface area contributed by atoms with Crippen LogP contribution in [-0.2, 0) is 36.9 Å². The minimum absolute atomic E-state index is 0.142. The highest BCUT2D eigenvalue weighted by Gasteiger charge is 2.42. The van der Waals surface area contributed by atoms with Crippen LogP contribution in [0.3, 0.4) is 0 Å². The van der Waals surface area contributed by atoms with Crippen LogP contribution in [0.1, 0.15) is 40.7 Å². The third-order valence-electron chi connectivity index (χ3n) is 6.83. The highest BCUT2D eigenvalue weighted by molar-refractivity contribution is 6.22. The second-order valence-corrected chi connectivity index (χ2v) is 8.88. The molecule has 0 bridgehead atoms. The summed E-state index contributed by atoms with van der Waals surface area (Å²) in [5.74, 6) is 0.654. The van der Waals surface area contributed by atoms with Crippen LogP contribution in [0.25, 0.3) is 0 Å². The third kappa shape index (κ3) is 3.16. The normalized spacial score (nSPS) is 19.2. The van der Waals surface area contributed by atoms with Gasteiger partial charge in [-0.2, -0.15) is 5.10 Å². The maximum Gasteiger partial charge on any atom is 0.329 e. The topological polar surface area (TPSA) is 90.1 Å². The highest BCUT2D eigenvalue weighted by atomic mass is 16.2. The molecule has 1 fully saturated rings. The summed E-state index contributed by atoms with van der Waals surface area (Å²) in [6.45, 7) is 0. The lowest BCUT2D eigenvalue weighted by Gasteiger charge is -2.21. The fraction of sp³-hybridized carbons (Fsp3) is 0.320. The van der Waals surface area contributed by atoms with Gasteiger partial charge in [-0.1, -0.05) is 18.2 Å². The maximum absolute atomic E-state index is 13.5. The van der Waals surface area contributed by atoms with Crippen molar-refractivity contribution in [3.05, 3.63) is 70.4 Å². The summed E-state index contributed by atoms with van der Waals surface area (Å²) in [5, 5.41) is 13.0. The molecule has 3 aliphatic rings. The number of fused-ring (bicyclic) bond motifs is 2. The molecule has 1 atom stereocenters. The minimum Gasteiger partial charge on any atom is -0.341 e. The number of amides is 3. The van der Waals surface area contributed by atoms with Crippen LogP contribution in [0.15, 0.2) is 42.6 Å². The number of aromatic nitrogens is 2. The van der Waals surface area contributed by atoms with Gasteiger partial charge in [0.1, 0.15) is 11.9 Å². The lowest BCUT2D eigenvalue weighted by Crippen LogP contribution is -2.33. The van der Waals surface area contributed by atoms with Gasteiger partial charge in [-0.3, -0.25) is 9.89 Å². The number of hydrogen-bond acceptors (Lipinski definition) is 4. The Morgan fingerprint density at radius 1 is 1.00 bits per heavy atom. The molecule has 7 heteroatoms. The number of aryl methyl sites for hydroxylation is 2. The summed E-state index contributed by atoms with van der Waals surface area (Å²) in [6, 6.07) is 11.2. The van der Waals surface area contributed by atoms with Crippen LogP contribution in [0.5, 0.6) is 0 Å². The molecule has 162 valence electrons. The number of aromatic amines is 1. The second kappa shape index (κ2) is 7.51. The van der Waals surface area contributed by atoms with Crippen molar-refractivity contribution in [3.63, 3.8) is 0 Å². The Morgan fingerprint density at radius 2 is 1.78 bits per heavy atom. The SMILES string of the molecule is O=C1N[C@@H](Cc2cccc(Nc3ccn[nH]3)c2)C(=O)N1c1c2c(cc3c1CCC3)CCC2. The molecule has 0 unspecified atom stereocenters. The van der Waals surface area contributed by atoms with Gasteiger partial charge in [0.05, 0.1) is 11.9 Å². The van der Waals surface area contributed by atoms with Crippen molar-refractivity contribution in [1.29, 1.82) is 0 Å². The molecular weight excluding hydrogens is 402 g/mol. The van der Waals surface area contributed by atoms with E-state index in [1.165, 1.54) is 27.2 Å². The first-order chi connectivity index (χ1) is 15.7. The number of carbonyl (C=O) groups is 2. The van der Waals surface area contributed by atoms with E-state index in [1.54, 1.807) is 6.20 Å². The van der Waals surface area contributed by atoms with E-state index in [1.807, 2.05) is 30.3 Å². The first-order valence-electron chi connectivity index (χ1n) is 11.3. The average molecular weight is 428 g/mol. The summed E-state index contributed by atoms with van der Waals surface area (Å²) in [4.78, 5) is 28.0. The number of H-pyrrole nitrogens is 1. The lowest BCUT2D eigenvalue weighted by molar-refractivity contribution is -0.118. The molecule has 3 aromatic rings. The van der Waals surface area contributed by atoms with Crippen molar-refractivity contribution < 1.29 is 9.59 Å². The smallest absolute Gasteiger partial charge is 0.329 e. The predicted octanol–water partition coefficient (Wildman–Crippen LogP) is 3.80. The molecule has 0 spiro atoms. The van der Waals surface area contributed by atoms with Gasteiger partial charge in [-0.05, 0) is 78.5 Å². The highest BCUT2D eigenvalue weighted by Crippen LogP contribution is 2.41. The number of nitrogens with one attached hydrogen (secondary N) is 3. The van der Waals surface area contributed by atoms with Gasteiger partial charge in [0.15, 0.2) is 0 Å². The number of urea groups is 1. The Morgan fingerprint density at radius 3 is 2.50 bits per heavy atom. The van der Waals surface area contributed by atoms with E-state index in [0.29, 0.717) is 6.42 Å². The standard InChI is InChI=1S/C25H25N5O2/c31-24-21(13-15-4-1-7-18(12-15)27-22-10-11-26-29-22)28-25(32)30(24)23-19-8-2-5-16(19)14-17-6-3-9-20(17)23/h1,4,7,10-12,14,21H,2-3,5-6,8-9,13H2,(H,28,32)(H2,26,27,29)/t21-/m0/s1. The van der Waals surface area contributed by atoms with Gasteiger partial charge in [-0.15, -0.1) is 0 Å². The number of imide groups is 1.